The number of carbonyl (C=O) groups excluding carboxylic acids is 1. The number of rotatable bonds is 3. The minimum absolute atomic E-state index is 0.0270. The summed E-state index contributed by atoms with van der Waals surface area (Å²) >= 11 is 0. The average molecular weight is 221 g/mol. The molecule has 1 fully saturated rings. The lowest BCUT2D eigenvalue weighted by Crippen LogP contribution is -2.28. The minimum Gasteiger partial charge on any atom is -0.478 e. The summed E-state index contributed by atoms with van der Waals surface area (Å²) in [5, 5.41) is 0. The average Bonchev–Trinajstić information content (AvgIpc) is 2.82. The van der Waals surface area contributed by atoms with E-state index in [9.17, 15) is 4.79 Å². The maximum absolute atomic E-state index is 12.0. The third-order valence-corrected chi connectivity index (χ3v) is 2.55. The maximum Gasteiger partial charge on any atom is 0.272 e. The van der Waals surface area contributed by atoms with Crippen molar-refractivity contribution in [3.8, 4) is 5.88 Å². The van der Waals surface area contributed by atoms with Crippen LogP contribution in [0.5, 0.6) is 5.88 Å². The fraction of sp³-hybridized carbons (Fsp3) is 0.545. The molecular formula is C11H15N3O2. The third-order valence-electron chi connectivity index (χ3n) is 2.55. The maximum atomic E-state index is 12.0. The highest BCUT2D eigenvalue weighted by atomic mass is 16.5. The van der Waals surface area contributed by atoms with Crippen LogP contribution in [0.1, 0.15) is 30.3 Å². The van der Waals surface area contributed by atoms with Gasteiger partial charge in [-0.3, -0.25) is 4.79 Å². The molecule has 5 heteroatoms. The molecule has 0 atom stereocenters. The molecule has 0 saturated carbocycles. The van der Waals surface area contributed by atoms with Crippen LogP contribution in [0.4, 0.5) is 0 Å². The molecular weight excluding hydrogens is 206 g/mol. The highest BCUT2D eigenvalue weighted by Crippen LogP contribution is 2.13. The van der Waals surface area contributed by atoms with Gasteiger partial charge in [0.05, 0.1) is 6.61 Å². The Kier molecular flexibility index (Phi) is 3.34. The van der Waals surface area contributed by atoms with Crippen LogP contribution in [-0.2, 0) is 0 Å². The van der Waals surface area contributed by atoms with E-state index in [2.05, 4.69) is 9.97 Å². The zero-order chi connectivity index (χ0) is 11.4. The van der Waals surface area contributed by atoms with E-state index in [1.807, 2.05) is 11.8 Å². The summed E-state index contributed by atoms with van der Waals surface area (Å²) in [5.74, 6) is 0.431. The highest BCUT2D eigenvalue weighted by molar-refractivity contribution is 5.92. The van der Waals surface area contributed by atoms with Crippen LogP contribution in [0.2, 0.25) is 0 Å². The van der Waals surface area contributed by atoms with Gasteiger partial charge in [-0.25, -0.2) is 9.97 Å². The van der Waals surface area contributed by atoms with Gasteiger partial charge < -0.3 is 9.64 Å². The van der Waals surface area contributed by atoms with E-state index >= 15 is 0 Å². The largest absolute Gasteiger partial charge is 0.478 e. The smallest absolute Gasteiger partial charge is 0.272 e. The Morgan fingerprint density at radius 3 is 2.88 bits per heavy atom. The molecule has 0 radical (unpaired) electrons. The van der Waals surface area contributed by atoms with Crippen molar-refractivity contribution >= 4 is 5.91 Å². The Morgan fingerprint density at radius 2 is 2.19 bits per heavy atom. The first kappa shape index (κ1) is 10.9. The van der Waals surface area contributed by atoms with Gasteiger partial charge in [-0.15, -0.1) is 0 Å². The second kappa shape index (κ2) is 4.92. The third kappa shape index (κ3) is 2.29. The Morgan fingerprint density at radius 1 is 1.44 bits per heavy atom. The molecule has 16 heavy (non-hydrogen) atoms. The van der Waals surface area contributed by atoms with Gasteiger partial charge in [-0.1, -0.05) is 0 Å². The number of amides is 1. The number of hydrogen-bond acceptors (Lipinski definition) is 4. The molecule has 0 aliphatic carbocycles. The quantitative estimate of drug-likeness (QED) is 0.767. The van der Waals surface area contributed by atoms with E-state index in [-0.39, 0.29) is 5.91 Å². The first-order chi connectivity index (χ1) is 7.81. The lowest BCUT2D eigenvalue weighted by atomic mass is 10.3. The number of nitrogens with zero attached hydrogens (tertiary/aromatic N) is 3. The lowest BCUT2D eigenvalue weighted by molar-refractivity contribution is 0.0786. The van der Waals surface area contributed by atoms with Gasteiger partial charge in [0.1, 0.15) is 12.0 Å². The monoisotopic (exact) mass is 221 g/mol. The lowest BCUT2D eigenvalue weighted by Gasteiger charge is -2.14. The standard InChI is InChI=1S/C11H15N3O2/c1-2-16-10-7-9(12-8-13-10)11(15)14-5-3-4-6-14/h7-8H,2-6H2,1H3. The number of aromatic nitrogens is 2. The van der Waals surface area contributed by atoms with Crippen LogP contribution < -0.4 is 4.74 Å². The Balaban J connectivity index is 2.12. The molecule has 0 unspecified atom stereocenters. The molecule has 1 aliphatic rings. The normalized spacial score (nSPS) is 15.2. The first-order valence-electron chi connectivity index (χ1n) is 5.55. The highest BCUT2D eigenvalue weighted by Gasteiger charge is 2.20. The van der Waals surface area contributed by atoms with Crippen LogP contribution in [-0.4, -0.2) is 40.5 Å². The van der Waals surface area contributed by atoms with Crippen molar-refractivity contribution in [2.45, 2.75) is 19.8 Å². The van der Waals surface area contributed by atoms with Crippen molar-refractivity contribution < 1.29 is 9.53 Å². The van der Waals surface area contributed by atoms with Crippen molar-refractivity contribution in [3.63, 3.8) is 0 Å². The summed E-state index contributed by atoms with van der Waals surface area (Å²) in [6, 6.07) is 1.60. The van der Waals surface area contributed by atoms with Gasteiger partial charge in [0.25, 0.3) is 5.91 Å². The Labute approximate surface area is 94.5 Å². The number of likely N-dealkylation sites (tertiary alicyclic amines) is 1. The molecule has 1 aliphatic heterocycles. The van der Waals surface area contributed by atoms with Crippen molar-refractivity contribution in [2.75, 3.05) is 19.7 Å². The molecule has 1 aromatic rings. The van der Waals surface area contributed by atoms with Gasteiger partial charge in [0.2, 0.25) is 5.88 Å². The molecule has 2 rings (SSSR count). The molecule has 2 heterocycles. The van der Waals surface area contributed by atoms with E-state index in [1.165, 1.54) is 6.33 Å². The van der Waals surface area contributed by atoms with Gasteiger partial charge in [0.15, 0.2) is 0 Å². The molecule has 1 saturated heterocycles. The Hall–Kier alpha value is -1.65. The minimum atomic E-state index is -0.0270. The summed E-state index contributed by atoms with van der Waals surface area (Å²) in [6.45, 7) is 4.07. The number of ether oxygens (including phenoxy) is 1. The fourth-order valence-electron chi connectivity index (χ4n) is 1.77. The molecule has 5 nitrogen and oxygen atoms in total. The fourth-order valence-corrected chi connectivity index (χ4v) is 1.77. The molecule has 1 amide bonds. The molecule has 0 N–H and O–H groups in total. The van der Waals surface area contributed by atoms with Crippen LogP contribution >= 0.6 is 0 Å². The topological polar surface area (TPSA) is 55.3 Å². The summed E-state index contributed by atoms with van der Waals surface area (Å²) < 4.78 is 5.24. The Bertz CT molecular complexity index is 375. The van der Waals surface area contributed by atoms with Gasteiger partial charge in [-0.05, 0) is 19.8 Å². The summed E-state index contributed by atoms with van der Waals surface area (Å²) in [4.78, 5) is 21.7. The van der Waals surface area contributed by atoms with Crippen molar-refractivity contribution in [3.05, 3.63) is 18.1 Å². The van der Waals surface area contributed by atoms with Crippen molar-refractivity contribution in [1.82, 2.24) is 14.9 Å². The molecule has 0 aromatic carbocycles. The zero-order valence-corrected chi connectivity index (χ0v) is 9.35. The van der Waals surface area contributed by atoms with Gasteiger partial charge in [-0.2, -0.15) is 0 Å². The molecule has 0 spiro atoms. The van der Waals surface area contributed by atoms with E-state index in [0.29, 0.717) is 18.2 Å². The number of carbonyl (C=O) groups is 1. The van der Waals surface area contributed by atoms with E-state index in [1.54, 1.807) is 6.07 Å². The van der Waals surface area contributed by atoms with E-state index in [0.717, 1.165) is 25.9 Å². The molecule has 1 aromatic heterocycles. The van der Waals surface area contributed by atoms with Crippen LogP contribution in [0.15, 0.2) is 12.4 Å². The van der Waals surface area contributed by atoms with Crippen molar-refractivity contribution in [2.24, 2.45) is 0 Å². The van der Waals surface area contributed by atoms with Gasteiger partial charge >= 0.3 is 0 Å². The predicted octanol–water partition coefficient (Wildman–Crippen LogP) is 1.11. The summed E-state index contributed by atoms with van der Waals surface area (Å²) in [7, 11) is 0. The van der Waals surface area contributed by atoms with Crippen molar-refractivity contribution in [1.29, 1.82) is 0 Å². The SMILES string of the molecule is CCOc1cc(C(=O)N2CCCC2)ncn1. The predicted molar refractivity (Wildman–Crippen MR) is 58.3 cm³/mol. The zero-order valence-electron chi connectivity index (χ0n) is 9.35. The van der Waals surface area contributed by atoms with Gasteiger partial charge in [0, 0.05) is 19.2 Å². The van der Waals surface area contributed by atoms with Crippen LogP contribution in [0.3, 0.4) is 0 Å². The second-order valence-electron chi connectivity index (χ2n) is 3.67. The molecule has 0 bridgehead atoms. The first-order valence-corrected chi connectivity index (χ1v) is 5.55. The summed E-state index contributed by atoms with van der Waals surface area (Å²) in [6.07, 6.45) is 3.53. The second-order valence-corrected chi connectivity index (χ2v) is 3.67. The van der Waals surface area contributed by atoms with E-state index in [4.69, 9.17) is 4.74 Å². The van der Waals surface area contributed by atoms with Crippen LogP contribution in [0.25, 0.3) is 0 Å². The summed E-state index contributed by atoms with van der Waals surface area (Å²) in [5.41, 5.74) is 0.417. The van der Waals surface area contributed by atoms with Crippen LogP contribution in [0, 0.1) is 0 Å². The van der Waals surface area contributed by atoms with E-state index < -0.39 is 0 Å². The number of hydrogen-bond donors (Lipinski definition) is 0. The molecule has 86 valence electrons.